The van der Waals surface area contributed by atoms with Crippen LogP contribution in [0.4, 0.5) is 0 Å². The summed E-state index contributed by atoms with van der Waals surface area (Å²) in [6, 6.07) is 10.3. The third kappa shape index (κ3) is 3.82. The SMILES string of the molecule is CC(C)NCC1CCCCN1CC1CSc2ccccc21. The Bertz CT molecular complexity index is 460. The van der Waals surface area contributed by atoms with Crippen LogP contribution in [0.3, 0.4) is 0 Å². The number of fused-ring (bicyclic) bond motifs is 1. The largest absolute Gasteiger partial charge is 0.313 e. The highest BCUT2D eigenvalue weighted by atomic mass is 32.2. The number of piperidine rings is 1. The quantitative estimate of drug-likeness (QED) is 0.892. The molecule has 2 atom stereocenters. The molecular formula is C18H28N2S. The maximum atomic E-state index is 3.64. The minimum absolute atomic E-state index is 0.594. The molecular weight excluding hydrogens is 276 g/mol. The molecule has 21 heavy (non-hydrogen) atoms. The van der Waals surface area contributed by atoms with Gasteiger partial charge in [0.25, 0.3) is 0 Å². The van der Waals surface area contributed by atoms with E-state index in [1.54, 1.807) is 5.56 Å². The van der Waals surface area contributed by atoms with Gasteiger partial charge in [-0.2, -0.15) is 0 Å². The first-order valence-corrected chi connectivity index (χ1v) is 9.41. The first kappa shape index (κ1) is 15.4. The Hall–Kier alpha value is -0.510. The second-order valence-corrected chi connectivity index (χ2v) is 7.82. The van der Waals surface area contributed by atoms with Crippen LogP contribution in [-0.2, 0) is 0 Å². The highest BCUT2D eigenvalue weighted by molar-refractivity contribution is 7.99. The Morgan fingerprint density at radius 3 is 3.00 bits per heavy atom. The van der Waals surface area contributed by atoms with Crippen LogP contribution in [0.5, 0.6) is 0 Å². The van der Waals surface area contributed by atoms with Gasteiger partial charge in [-0.3, -0.25) is 4.90 Å². The van der Waals surface area contributed by atoms with Crippen molar-refractivity contribution in [3.05, 3.63) is 29.8 Å². The summed E-state index contributed by atoms with van der Waals surface area (Å²) in [6.07, 6.45) is 4.14. The van der Waals surface area contributed by atoms with E-state index in [-0.39, 0.29) is 0 Å². The molecule has 0 aliphatic carbocycles. The number of nitrogens with zero attached hydrogens (tertiary/aromatic N) is 1. The summed E-state index contributed by atoms with van der Waals surface area (Å²) in [6.45, 7) is 8.18. The molecule has 3 rings (SSSR count). The molecule has 2 heterocycles. The third-order valence-electron chi connectivity index (χ3n) is 4.76. The van der Waals surface area contributed by atoms with Crippen molar-refractivity contribution in [1.82, 2.24) is 10.2 Å². The van der Waals surface area contributed by atoms with Crippen molar-refractivity contribution < 1.29 is 0 Å². The lowest BCUT2D eigenvalue weighted by atomic mass is 9.96. The Kier molecular flexibility index (Phi) is 5.25. The lowest BCUT2D eigenvalue weighted by Gasteiger charge is -2.38. The molecule has 1 saturated heterocycles. The van der Waals surface area contributed by atoms with E-state index in [9.17, 15) is 0 Å². The number of hydrogen-bond donors (Lipinski definition) is 1. The second kappa shape index (κ2) is 7.17. The average Bonchev–Trinajstić information content (AvgIpc) is 2.90. The number of benzene rings is 1. The smallest absolute Gasteiger partial charge is 0.0220 e. The van der Waals surface area contributed by atoms with Crippen LogP contribution in [-0.4, -0.2) is 42.4 Å². The van der Waals surface area contributed by atoms with Gasteiger partial charge in [0, 0.05) is 41.7 Å². The fourth-order valence-corrected chi connectivity index (χ4v) is 4.81. The number of likely N-dealkylation sites (tertiary alicyclic amines) is 1. The van der Waals surface area contributed by atoms with Crippen LogP contribution >= 0.6 is 11.8 Å². The molecule has 1 fully saturated rings. The summed E-state index contributed by atoms with van der Waals surface area (Å²) in [7, 11) is 0. The van der Waals surface area contributed by atoms with Crippen molar-refractivity contribution >= 4 is 11.8 Å². The van der Waals surface area contributed by atoms with Crippen LogP contribution in [0.2, 0.25) is 0 Å². The van der Waals surface area contributed by atoms with E-state index >= 15 is 0 Å². The molecule has 2 unspecified atom stereocenters. The predicted molar refractivity (Wildman–Crippen MR) is 92.3 cm³/mol. The van der Waals surface area contributed by atoms with Crippen molar-refractivity contribution in [3.63, 3.8) is 0 Å². The second-order valence-electron chi connectivity index (χ2n) is 6.75. The summed E-state index contributed by atoms with van der Waals surface area (Å²) >= 11 is 2.04. The zero-order valence-corrected chi connectivity index (χ0v) is 14.2. The van der Waals surface area contributed by atoms with Crippen molar-refractivity contribution in [2.45, 2.75) is 56.0 Å². The van der Waals surface area contributed by atoms with E-state index in [1.165, 1.54) is 43.0 Å². The van der Waals surface area contributed by atoms with Crippen LogP contribution in [0, 0.1) is 0 Å². The van der Waals surface area contributed by atoms with E-state index in [4.69, 9.17) is 0 Å². The summed E-state index contributed by atoms with van der Waals surface area (Å²) < 4.78 is 0. The highest BCUT2D eigenvalue weighted by Gasteiger charge is 2.29. The van der Waals surface area contributed by atoms with Gasteiger partial charge in [0.2, 0.25) is 0 Å². The predicted octanol–water partition coefficient (Wildman–Crippen LogP) is 3.73. The van der Waals surface area contributed by atoms with Crippen molar-refractivity contribution in [3.8, 4) is 0 Å². The molecule has 2 aliphatic heterocycles. The summed E-state index contributed by atoms with van der Waals surface area (Å²) in [5.74, 6) is 1.99. The number of nitrogens with one attached hydrogen (secondary N) is 1. The average molecular weight is 305 g/mol. The van der Waals surface area contributed by atoms with Gasteiger partial charge >= 0.3 is 0 Å². The fourth-order valence-electron chi connectivity index (χ4n) is 3.57. The van der Waals surface area contributed by atoms with Gasteiger partial charge in [0.1, 0.15) is 0 Å². The molecule has 1 aromatic carbocycles. The van der Waals surface area contributed by atoms with E-state index in [1.807, 2.05) is 11.8 Å². The molecule has 0 saturated carbocycles. The van der Waals surface area contributed by atoms with Crippen molar-refractivity contribution in [1.29, 1.82) is 0 Å². The van der Waals surface area contributed by atoms with Gasteiger partial charge in [0.05, 0.1) is 0 Å². The molecule has 0 aromatic heterocycles. The monoisotopic (exact) mass is 304 g/mol. The summed E-state index contributed by atoms with van der Waals surface area (Å²) in [5.41, 5.74) is 1.59. The van der Waals surface area contributed by atoms with Gasteiger partial charge in [-0.05, 0) is 31.0 Å². The normalized spacial score (nSPS) is 26.2. The van der Waals surface area contributed by atoms with E-state index in [0.717, 1.165) is 18.5 Å². The van der Waals surface area contributed by atoms with Crippen LogP contribution < -0.4 is 5.32 Å². The molecule has 1 aromatic rings. The van der Waals surface area contributed by atoms with Gasteiger partial charge in [-0.1, -0.05) is 38.5 Å². The maximum Gasteiger partial charge on any atom is 0.0220 e. The number of hydrogen-bond acceptors (Lipinski definition) is 3. The molecule has 3 heteroatoms. The Labute approximate surface area is 133 Å². The standard InChI is InChI=1S/C18H28N2S/c1-14(2)19-11-16-7-5-6-10-20(16)12-15-13-21-18-9-4-3-8-17(15)18/h3-4,8-9,14-16,19H,5-7,10-13H2,1-2H3. The lowest BCUT2D eigenvalue weighted by Crippen LogP contribution is -2.48. The van der Waals surface area contributed by atoms with Gasteiger partial charge < -0.3 is 5.32 Å². The first-order chi connectivity index (χ1) is 10.2. The van der Waals surface area contributed by atoms with E-state index in [2.05, 4.69) is 48.3 Å². The number of rotatable bonds is 5. The fraction of sp³-hybridized carbons (Fsp3) is 0.667. The summed E-state index contributed by atoms with van der Waals surface area (Å²) in [4.78, 5) is 4.27. The highest BCUT2D eigenvalue weighted by Crippen LogP contribution is 2.40. The van der Waals surface area contributed by atoms with Crippen molar-refractivity contribution in [2.24, 2.45) is 0 Å². The van der Waals surface area contributed by atoms with Crippen molar-refractivity contribution in [2.75, 3.05) is 25.4 Å². The zero-order chi connectivity index (χ0) is 14.7. The first-order valence-electron chi connectivity index (χ1n) is 8.43. The third-order valence-corrected chi connectivity index (χ3v) is 6.02. The summed E-state index contributed by atoms with van der Waals surface area (Å²) in [5, 5.41) is 3.64. The topological polar surface area (TPSA) is 15.3 Å². The zero-order valence-electron chi connectivity index (χ0n) is 13.3. The maximum absolute atomic E-state index is 3.64. The molecule has 0 radical (unpaired) electrons. The Morgan fingerprint density at radius 2 is 2.14 bits per heavy atom. The molecule has 0 bridgehead atoms. The van der Waals surface area contributed by atoms with Gasteiger partial charge in [0.15, 0.2) is 0 Å². The van der Waals surface area contributed by atoms with Crippen LogP contribution in [0.25, 0.3) is 0 Å². The molecule has 0 amide bonds. The lowest BCUT2D eigenvalue weighted by molar-refractivity contribution is 0.137. The van der Waals surface area contributed by atoms with Gasteiger partial charge in [-0.15, -0.1) is 11.8 Å². The molecule has 2 aliphatic rings. The molecule has 0 spiro atoms. The van der Waals surface area contributed by atoms with Crippen LogP contribution in [0.15, 0.2) is 29.2 Å². The Balaban J connectivity index is 1.62. The van der Waals surface area contributed by atoms with Crippen LogP contribution in [0.1, 0.15) is 44.6 Å². The minimum Gasteiger partial charge on any atom is -0.313 e. The Morgan fingerprint density at radius 1 is 1.29 bits per heavy atom. The van der Waals surface area contributed by atoms with E-state index in [0.29, 0.717) is 6.04 Å². The molecule has 1 N–H and O–H groups in total. The van der Waals surface area contributed by atoms with Gasteiger partial charge in [-0.25, -0.2) is 0 Å². The molecule has 2 nitrogen and oxygen atoms in total. The molecule has 116 valence electrons. The minimum atomic E-state index is 0.594. The van der Waals surface area contributed by atoms with E-state index < -0.39 is 0 Å². The number of thioether (sulfide) groups is 1.